The number of amides is 2. The number of nitrogens with zero attached hydrogens (tertiary/aromatic N) is 1. The van der Waals surface area contributed by atoms with Crippen LogP contribution in [0.3, 0.4) is 0 Å². The lowest BCUT2D eigenvalue weighted by atomic mass is 10.3. The molecule has 2 heterocycles. The van der Waals surface area contributed by atoms with Crippen molar-refractivity contribution in [2.75, 3.05) is 18.1 Å². The first-order valence-corrected chi connectivity index (χ1v) is 8.51. The van der Waals surface area contributed by atoms with Crippen LogP contribution >= 0.6 is 23.1 Å². The summed E-state index contributed by atoms with van der Waals surface area (Å²) in [6.07, 6.45) is 0.989. The number of rotatable bonds is 4. The summed E-state index contributed by atoms with van der Waals surface area (Å²) in [5.74, 6) is 0.314. The smallest absolute Gasteiger partial charge is 0.327 e. The Kier molecular flexibility index (Phi) is 5.31. The Balaban J connectivity index is 1.91. The zero-order valence-corrected chi connectivity index (χ0v) is 12.9. The van der Waals surface area contributed by atoms with Crippen LogP contribution in [0.25, 0.3) is 0 Å². The predicted molar refractivity (Wildman–Crippen MR) is 81.4 cm³/mol. The van der Waals surface area contributed by atoms with Crippen molar-refractivity contribution >= 4 is 35.1 Å². The molecule has 1 aliphatic rings. The lowest BCUT2D eigenvalue weighted by molar-refractivity contribution is -0.141. The van der Waals surface area contributed by atoms with Crippen LogP contribution in [0.5, 0.6) is 0 Å². The molecule has 1 unspecified atom stereocenters. The van der Waals surface area contributed by atoms with E-state index in [0.717, 1.165) is 17.1 Å². The number of aryl methyl sites for hydroxylation is 1. The molecule has 2 rings (SSSR count). The number of carbonyl (C=O) groups excluding carboxylic acids is 1. The van der Waals surface area contributed by atoms with Crippen molar-refractivity contribution in [1.29, 1.82) is 0 Å². The van der Waals surface area contributed by atoms with Crippen molar-refractivity contribution in [1.82, 2.24) is 10.2 Å². The van der Waals surface area contributed by atoms with Crippen LogP contribution in [0.1, 0.15) is 16.7 Å². The Morgan fingerprint density at radius 3 is 2.85 bits per heavy atom. The molecule has 0 radical (unpaired) electrons. The van der Waals surface area contributed by atoms with Gasteiger partial charge in [-0.15, -0.1) is 11.3 Å². The van der Waals surface area contributed by atoms with E-state index in [-0.39, 0.29) is 6.03 Å². The summed E-state index contributed by atoms with van der Waals surface area (Å²) in [7, 11) is 0. The Labute approximate surface area is 126 Å². The van der Waals surface area contributed by atoms with E-state index in [1.807, 2.05) is 6.07 Å². The van der Waals surface area contributed by atoms with E-state index in [0.29, 0.717) is 18.8 Å². The minimum Gasteiger partial charge on any atom is -0.480 e. The molecule has 7 heteroatoms. The molecular formula is C13H18N2O3S2. The van der Waals surface area contributed by atoms with E-state index < -0.39 is 12.0 Å². The van der Waals surface area contributed by atoms with E-state index in [1.54, 1.807) is 23.1 Å². The van der Waals surface area contributed by atoms with Crippen molar-refractivity contribution in [2.24, 2.45) is 0 Å². The molecule has 1 atom stereocenters. The summed E-state index contributed by atoms with van der Waals surface area (Å²) in [4.78, 5) is 27.1. The van der Waals surface area contributed by atoms with Gasteiger partial charge in [-0.2, -0.15) is 11.8 Å². The minimum atomic E-state index is -0.934. The van der Waals surface area contributed by atoms with E-state index in [2.05, 4.69) is 18.3 Å². The third kappa shape index (κ3) is 3.67. The molecule has 0 spiro atoms. The van der Waals surface area contributed by atoms with Crippen LogP contribution in [0, 0.1) is 0 Å². The van der Waals surface area contributed by atoms with Gasteiger partial charge in [0.05, 0.1) is 6.54 Å². The van der Waals surface area contributed by atoms with Gasteiger partial charge in [-0.05, 0) is 18.6 Å². The van der Waals surface area contributed by atoms with Gasteiger partial charge in [0.25, 0.3) is 0 Å². The SMILES string of the molecule is CCc1ccc(CNC(=O)N2CCSCC2C(=O)O)s1. The number of hydrogen-bond acceptors (Lipinski definition) is 4. The molecule has 5 nitrogen and oxygen atoms in total. The largest absolute Gasteiger partial charge is 0.480 e. The second-order valence-electron chi connectivity index (χ2n) is 4.50. The highest BCUT2D eigenvalue weighted by Gasteiger charge is 2.32. The van der Waals surface area contributed by atoms with Gasteiger partial charge in [-0.1, -0.05) is 6.92 Å². The van der Waals surface area contributed by atoms with Gasteiger partial charge in [0, 0.05) is 27.8 Å². The van der Waals surface area contributed by atoms with Gasteiger partial charge in [0.2, 0.25) is 0 Å². The van der Waals surface area contributed by atoms with Crippen LogP contribution in [-0.4, -0.2) is 46.1 Å². The van der Waals surface area contributed by atoms with Crippen LogP contribution in [0.2, 0.25) is 0 Å². The molecule has 0 aliphatic carbocycles. The van der Waals surface area contributed by atoms with E-state index >= 15 is 0 Å². The fourth-order valence-electron chi connectivity index (χ4n) is 2.02. The molecule has 1 aliphatic heterocycles. The maximum atomic E-state index is 12.1. The number of nitrogens with one attached hydrogen (secondary N) is 1. The Morgan fingerprint density at radius 1 is 1.45 bits per heavy atom. The Morgan fingerprint density at radius 2 is 2.20 bits per heavy atom. The fraction of sp³-hybridized carbons (Fsp3) is 0.538. The molecular weight excluding hydrogens is 296 g/mol. The predicted octanol–water partition coefficient (Wildman–Crippen LogP) is 2.02. The molecule has 2 amide bonds. The van der Waals surface area contributed by atoms with E-state index in [1.165, 1.54) is 9.78 Å². The zero-order chi connectivity index (χ0) is 14.5. The van der Waals surface area contributed by atoms with Crippen molar-refractivity contribution in [3.8, 4) is 0 Å². The Bertz CT molecular complexity index is 490. The second-order valence-corrected chi connectivity index (χ2v) is 6.91. The van der Waals surface area contributed by atoms with Gasteiger partial charge >= 0.3 is 12.0 Å². The van der Waals surface area contributed by atoms with Gasteiger partial charge in [-0.3, -0.25) is 0 Å². The van der Waals surface area contributed by atoms with E-state index in [9.17, 15) is 9.59 Å². The van der Waals surface area contributed by atoms with Gasteiger partial charge in [0.1, 0.15) is 6.04 Å². The third-order valence-corrected chi connectivity index (χ3v) is 5.41. The summed E-state index contributed by atoms with van der Waals surface area (Å²) in [5.41, 5.74) is 0. The number of urea groups is 1. The standard InChI is InChI=1S/C13H18N2O3S2/c1-2-9-3-4-10(20-9)7-14-13(18)15-5-6-19-8-11(15)12(16)17/h3-4,11H,2,5-8H2,1H3,(H,14,18)(H,16,17). The molecule has 1 aromatic rings. The lowest BCUT2D eigenvalue weighted by Crippen LogP contribution is -2.53. The van der Waals surface area contributed by atoms with Crippen LogP contribution < -0.4 is 5.32 Å². The molecule has 20 heavy (non-hydrogen) atoms. The van der Waals surface area contributed by atoms with Crippen LogP contribution in [0.15, 0.2) is 12.1 Å². The third-order valence-electron chi connectivity index (χ3n) is 3.15. The quantitative estimate of drug-likeness (QED) is 0.892. The second kappa shape index (κ2) is 6.99. The average Bonchev–Trinajstić information content (AvgIpc) is 2.92. The summed E-state index contributed by atoms with van der Waals surface area (Å²) in [6.45, 7) is 3.04. The first-order valence-electron chi connectivity index (χ1n) is 6.54. The van der Waals surface area contributed by atoms with Crippen molar-refractivity contribution in [3.63, 3.8) is 0 Å². The van der Waals surface area contributed by atoms with Crippen LogP contribution in [-0.2, 0) is 17.8 Å². The highest BCUT2D eigenvalue weighted by molar-refractivity contribution is 7.99. The summed E-state index contributed by atoms with van der Waals surface area (Å²) in [5, 5.41) is 12.0. The molecule has 110 valence electrons. The molecule has 0 bridgehead atoms. The van der Waals surface area contributed by atoms with Crippen molar-refractivity contribution in [2.45, 2.75) is 25.9 Å². The summed E-state index contributed by atoms with van der Waals surface area (Å²) < 4.78 is 0. The number of thioether (sulfide) groups is 1. The van der Waals surface area contributed by atoms with Crippen molar-refractivity contribution < 1.29 is 14.7 Å². The lowest BCUT2D eigenvalue weighted by Gasteiger charge is -2.32. The van der Waals surface area contributed by atoms with Gasteiger partial charge < -0.3 is 15.3 Å². The summed E-state index contributed by atoms with van der Waals surface area (Å²) in [6, 6.07) is 3.06. The molecule has 1 fully saturated rings. The number of thiophene rings is 1. The van der Waals surface area contributed by atoms with Crippen molar-refractivity contribution in [3.05, 3.63) is 21.9 Å². The highest BCUT2D eigenvalue weighted by atomic mass is 32.2. The summed E-state index contributed by atoms with van der Waals surface area (Å²) >= 11 is 3.25. The highest BCUT2D eigenvalue weighted by Crippen LogP contribution is 2.18. The molecule has 0 aromatic carbocycles. The Hall–Kier alpha value is -1.21. The maximum absolute atomic E-state index is 12.1. The first kappa shape index (κ1) is 15.2. The number of hydrogen-bond donors (Lipinski definition) is 2. The number of carboxylic acids is 1. The van der Waals surface area contributed by atoms with Crippen LogP contribution in [0.4, 0.5) is 4.79 Å². The fourth-order valence-corrected chi connectivity index (χ4v) is 3.96. The molecule has 1 saturated heterocycles. The molecule has 0 saturated carbocycles. The normalized spacial score (nSPS) is 18.9. The first-order chi connectivity index (χ1) is 9.61. The monoisotopic (exact) mass is 314 g/mol. The number of aliphatic carboxylic acids is 1. The van der Waals surface area contributed by atoms with E-state index in [4.69, 9.17) is 5.11 Å². The van der Waals surface area contributed by atoms with Gasteiger partial charge in [-0.25, -0.2) is 9.59 Å². The van der Waals surface area contributed by atoms with Gasteiger partial charge in [0.15, 0.2) is 0 Å². The molecule has 2 N–H and O–H groups in total. The number of carbonyl (C=O) groups is 2. The average molecular weight is 314 g/mol. The molecule has 1 aromatic heterocycles. The minimum absolute atomic E-state index is 0.288. The maximum Gasteiger partial charge on any atom is 0.327 e. The zero-order valence-electron chi connectivity index (χ0n) is 11.3. The topological polar surface area (TPSA) is 69.6 Å². The number of carboxylic acid groups (broad SMARTS) is 1.